The molecular formula is C9H16N6O3. The van der Waals surface area contributed by atoms with E-state index in [4.69, 9.17) is 5.11 Å². The third-order valence-electron chi connectivity index (χ3n) is 2.50. The first-order valence-electron chi connectivity index (χ1n) is 5.48. The summed E-state index contributed by atoms with van der Waals surface area (Å²) >= 11 is 0. The van der Waals surface area contributed by atoms with E-state index in [0.717, 1.165) is 0 Å². The monoisotopic (exact) mass is 256 g/mol. The summed E-state index contributed by atoms with van der Waals surface area (Å²) in [6, 6.07) is -1.62. The van der Waals surface area contributed by atoms with Gasteiger partial charge in [0.25, 0.3) is 5.95 Å². The summed E-state index contributed by atoms with van der Waals surface area (Å²) in [5, 5.41) is 24.5. The molecule has 2 unspecified atom stereocenters. The van der Waals surface area contributed by atoms with Crippen molar-refractivity contribution in [1.82, 2.24) is 25.5 Å². The number of nitrogens with one attached hydrogen (secondary N) is 2. The van der Waals surface area contributed by atoms with Crippen LogP contribution >= 0.6 is 0 Å². The van der Waals surface area contributed by atoms with Crippen molar-refractivity contribution in [3.05, 3.63) is 0 Å². The van der Waals surface area contributed by atoms with Gasteiger partial charge in [-0.1, -0.05) is 25.4 Å². The maximum absolute atomic E-state index is 11.6. The molecule has 100 valence electrons. The first kappa shape index (κ1) is 13.9. The Balaban J connectivity index is 2.59. The van der Waals surface area contributed by atoms with Crippen LogP contribution < -0.4 is 10.6 Å². The van der Waals surface area contributed by atoms with Crippen molar-refractivity contribution in [3.63, 3.8) is 0 Å². The van der Waals surface area contributed by atoms with E-state index in [9.17, 15) is 9.59 Å². The zero-order chi connectivity index (χ0) is 13.7. The number of amides is 2. The van der Waals surface area contributed by atoms with E-state index >= 15 is 0 Å². The van der Waals surface area contributed by atoms with Crippen LogP contribution in [0.15, 0.2) is 0 Å². The third-order valence-corrected chi connectivity index (χ3v) is 2.50. The van der Waals surface area contributed by atoms with Gasteiger partial charge < -0.3 is 10.4 Å². The molecule has 0 bridgehead atoms. The fraction of sp³-hybridized carbons (Fsp3) is 0.667. The van der Waals surface area contributed by atoms with Crippen molar-refractivity contribution in [2.24, 2.45) is 13.0 Å². The van der Waals surface area contributed by atoms with Gasteiger partial charge >= 0.3 is 12.0 Å². The summed E-state index contributed by atoms with van der Waals surface area (Å²) in [4.78, 5) is 23.7. The third kappa shape index (κ3) is 3.68. The molecule has 0 radical (unpaired) electrons. The number of carbonyl (C=O) groups is 2. The number of aryl methyl sites for hydroxylation is 1. The molecule has 1 heterocycles. The molecule has 2 amide bonds. The molecule has 9 heteroatoms. The predicted octanol–water partition coefficient (Wildman–Crippen LogP) is -0.169. The first-order chi connectivity index (χ1) is 8.43. The SMILES string of the molecule is CCC(C)C(NC(=O)Nc1nnn(C)n1)C(=O)O. The molecule has 1 aromatic rings. The molecule has 0 aliphatic heterocycles. The first-order valence-corrected chi connectivity index (χ1v) is 5.48. The molecule has 0 aliphatic rings. The van der Waals surface area contributed by atoms with Gasteiger partial charge in [-0.15, -0.1) is 5.10 Å². The molecule has 9 nitrogen and oxygen atoms in total. The van der Waals surface area contributed by atoms with Gasteiger partial charge in [-0.25, -0.2) is 9.59 Å². The Morgan fingerprint density at radius 2 is 2.17 bits per heavy atom. The number of tetrazole rings is 1. The molecule has 1 rings (SSSR count). The average molecular weight is 256 g/mol. The fourth-order valence-electron chi connectivity index (χ4n) is 1.30. The number of aliphatic carboxylic acids is 1. The predicted molar refractivity (Wildman–Crippen MR) is 61.8 cm³/mol. The number of anilines is 1. The molecule has 3 N–H and O–H groups in total. The second-order valence-electron chi connectivity index (χ2n) is 3.90. The number of hydrogen-bond donors (Lipinski definition) is 3. The zero-order valence-corrected chi connectivity index (χ0v) is 10.4. The van der Waals surface area contributed by atoms with Crippen molar-refractivity contribution >= 4 is 17.9 Å². The maximum atomic E-state index is 11.6. The molecule has 0 spiro atoms. The van der Waals surface area contributed by atoms with Crippen LogP contribution in [0.25, 0.3) is 0 Å². The molecule has 0 fully saturated rings. The van der Waals surface area contributed by atoms with E-state index in [2.05, 4.69) is 26.0 Å². The van der Waals surface area contributed by atoms with E-state index < -0.39 is 18.0 Å². The van der Waals surface area contributed by atoms with Crippen molar-refractivity contribution < 1.29 is 14.7 Å². The number of hydrogen-bond acceptors (Lipinski definition) is 5. The van der Waals surface area contributed by atoms with Crippen LogP contribution in [-0.2, 0) is 11.8 Å². The van der Waals surface area contributed by atoms with Gasteiger partial charge in [0.2, 0.25) is 0 Å². The van der Waals surface area contributed by atoms with Crippen LogP contribution in [-0.4, -0.2) is 43.4 Å². The summed E-state index contributed by atoms with van der Waals surface area (Å²) in [6.07, 6.45) is 0.640. The summed E-state index contributed by atoms with van der Waals surface area (Å²) in [5.41, 5.74) is 0. The van der Waals surface area contributed by atoms with Gasteiger partial charge in [0.15, 0.2) is 0 Å². The highest BCUT2D eigenvalue weighted by atomic mass is 16.4. The van der Waals surface area contributed by atoms with Crippen LogP contribution in [0.1, 0.15) is 20.3 Å². The van der Waals surface area contributed by atoms with E-state index in [-0.39, 0.29) is 11.9 Å². The second-order valence-corrected chi connectivity index (χ2v) is 3.90. The minimum absolute atomic E-state index is 0.0169. The average Bonchev–Trinajstić information content (AvgIpc) is 2.70. The summed E-state index contributed by atoms with van der Waals surface area (Å²) in [7, 11) is 1.55. The lowest BCUT2D eigenvalue weighted by Crippen LogP contribution is -2.46. The minimum atomic E-state index is -1.08. The normalized spacial score (nSPS) is 13.7. The Bertz CT molecular complexity index is 432. The molecule has 0 saturated carbocycles. The zero-order valence-electron chi connectivity index (χ0n) is 10.4. The second kappa shape index (κ2) is 5.94. The molecule has 18 heavy (non-hydrogen) atoms. The Hall–Kier alpha value is -2.19. The number of nitrogens with zero attached hydrogens (tertiary/aromatic N) is 4. The fourth-order valence-corrected chi connectivity index (χ4v) is 1.30. The van der Waals surface area contributed by atoms with Crippen LogP contribution in [0, 0.1) is 5.92 Å². The van der Waals surface area contributed by atoms with E-state index in [1.807, 2.05) is 6.92 Å². The highest BCUT2D eigenvalue weighted by Crippen LogP contribution is 2.08. The van der Waals surface area contributed by atoms with Crippen LogP contribution in [0.3, 0.4) is 0 Å². The standard InChI is InChI=1S/C9H16N6O3/c1-4-5(2)6(7(16)17)10-9(18)11-8-12-14-15(3)13-8/h5-6H,4H2,1-3H3,(H,16,17)(H2,10,11,13,18). The summed E-state index contributed by atoms with van der Waals surface area (Å²) in [6.45, 7) is 3.60. The van der Waals surface area contributed by atoms with Gasteiger partial charge in [0.1, 0.15) is 6.04 Å². The van der Waals surface area contributed by atoms with Crippen LogP contribution in [0.5, 0.6) is 0 Å². The van der Waals surface area contributed by atoms with E-state index in [1.165, 1.54) is 4.80 Å². The Kier molecular flexibility index (Phi) is 4.58. The molecule has 1 aromatic heterocycles. The van der Waals surface area contributed by atoms with Gasteiger partial charge in [-0.3, -0.25) is 5.32 Å². The number of carboxylic acid groups (broad SMARTS) is 1. The number of rotatable bonds is 5. The number of urea groups is 1. The summed E-state index contributed by atoms with van der Waals surface area (Å²) in [5.74, 6) is -1.24. The molecule has 0 saturated heterocycles. The highest BCUT2D eigenvalue weighted by molar-refractivity contribution is 5.90. The highest BCUT2D eigenvalue weighted by Gasteiger charge is 2.25. The van der Waals surface area contributed by atoms with Gasteiger partial charge in [0, 0.05) is 0 Å². The molecular weight excluding hydrogens is 240 g/mol. The number of carbonyl (C=O) groups excluding carboxylic acids is 1. The summed E-state index contributed by atoms with van der Waals surface area (Å²) < 4.78 is 0. The molecule has 0 aliphatic carbocycles. The topological polar surface area (TPSA) is 122 Å². The lowest BCUT2D eigenvalue weighted by atomic mass is 10.00. The molecule has 2 atom stereocenters. The Morgan fingerprint density at radius 3 is 2.61 bits per heavy atom. The Morgan fingerprint density at radius 1 is 1.50 bits per heavy atom. The molecule has 0 aromatic carbocycles. The quantitative estimate of drug-likeness (QED) is 0.672. The largest absolute Gasteiger partial charge is 0.480 e. The van der Waals surface area contributed by atoms with Gasteiger partial charge in [-0.2, -0.15) is 4.80 Å². The van der Waals surface area contributed by atoms with Crippen molar-refractivity contribution in [2.75, 3.05) is 5.32 Å². The minimum Gasteiger partial charge on any atom is -0.480 e. The number of aromatic nitrogens is 4. The van der Waals surface area contributed by atoms with Crippen LogP contribution in [0.2, 0.25) is 0 Å². The van der Waals surface area contributed by atoms with Gasteiger partial charge in [0.05, 0.1) is 7.05 Å². The lowest BCUT2D eigenvalue weighted by molar-refractivity contribution is -0.140. The van der Waals surface area contributed by atoms with Crippen molar-refractivity contribution in [1.29, 1.82) is 0 Å². The van der Waals surface area contributed by atoms with Gasteiger partial charge in [-0.05, 0) is 11.1 Å². The van der Waals surface area contributed by atoms with Crippen LogP contribution in [0.4, 0.5) is 10.7 Å². The smallest absolute Gasteiger partial charge is 0.326 e. The van der Waals surface area contributed by atoms with E-state index in [0.29, 0.717) is 6.42 Å². The number of carboxylic acids is 1. The Labute approximate surface area is 104 Å². The van der Waals surface area contributed by atoms with E-state index in [1.54, 1.807) is 14.0 Å². The lowest BCUT2D eigenvalue weighted by Gasteiger charge is -2.19. The maximum Gasteiger partial charge on any atom is 0.326 e. The van der Waals surface area contributed by atoms with Crippen molar-refractivity contribution in [2.45, 2.75) is 26.3 Å². The van der Waals surface area contributed by atoms with Crippen molar-refractivity contribution in [3.8, 4) is 0 Å².